The molecule has 2 fully saturated rings. The number of thiazole rings is 1. The van der Waals surface area contributed by atoms with Gasteiger partial charge in [0, 0.05) is 13.1 Å². The van der Waals surface area contributed by atoms with Crippen LogP contribution in [-0.2, 0) is 0 Å². The van der Waals surface area contributed by atoms with E-state index in [-0.39, 0.29) is 0 Å². The van der Waals surface area contributed by atoms with Gasteiger partial charge in [-0.3, -0.25) is 4.79 Å². The molecular formula is C14H20N2OS. The van der Waals surface area contributed by atoms with Crippen LogP contribution in [0.1, 0.15) is 53.9 Å². The van der Waals surface area contributed by atoms with E-state index in [9.17, 15) is 4.79 Å². The third-order valence-corrected chi connectivity index (χ3v) is 5.83. The second-order valence-electron chi connectivity index (χ2n) is 5.76. The van der Waals surface area contributed by atoms with Crippen LogP contribution in [0.25, 0.3) is 0 Å². The van der Waals surface area contributed by atoms with Crippen molar-refractivity contribution in [2.75, 3.05) is 18.0 Å². The first-order valence-corrected chi connectivity index (χ1v) is 7.72. The van der Waals surface area contributed by atoms with Crippen molar-refractivity contribution in [3.05, 3.63) is 10.6 Å². The third-order valence-electron chi connectivity index (χ3n) is 4.69. The number of rotatable bonds is 2. The summed E-state index contributed by atoms with van der Waals surface area (Å²) >= 11 is 1.54. The summed E-state index contributed by atoms with van der Waals surface area (Å²) in [6.45, 7) is 4.16. The number of nitrogens with zero attached hydrogens (tertiary/aromatic N) is 2. The summed E-state index contributed by atoms with van der Waals surface area (Å²) in [5.41, 5.74) is 1.53. The Kier molecular flexibility index (Phi) is 3.14. The van der Waals surface area contributed by atoms with E-state index < -0.39 is 0 Å². The largest absolute Gasteiger partial charge is 0.348 e. The topological polar surface area (TPSA) is 33.2 Å². The molecule has 1 aromatic heterocycles. The number of carbonyl (C=O) groups excluding carboxylic acids is 1. The maximum atomic E-state index is 10.9. The van der Waals surface area contributed by atoms with E-state index in [1.54, 1.807) is 11.3 Å². The Hall–Kier alpha value is -0.900. The molecule has 1 saturated heterocycles. The maximum absolute atomic E-state index is 10.9. The average molecular weight is 264 g/mol. The fourth-order valence-electron chi connectivity index (χ4n) is 3.44. The van der Waals surface area contributed by atoms with Crippen molar-refractivity contribution in [2.45, 2.75) is 45.4 Å². The van der Waals surface area contributed by atoms with E-state index >= 15 is 0 Å². The molecule has 1 aliphatic heterocycles. The molecule has 1 saturated carbocycles. The van der Waals surface area contributed by atoms with Gasteiger partial charge in [-0.1, -0.05) is 24.2 Å². The highest BCUT2D eigenvalue weighted by Gasteiger charge is 2.37. The molecule has 3 rings (SSSR count). The number of piperidine rings is 1. The Bertz CT molecular complexity index is 439. The lowest BCUT2D eigenvalue weighted by Gasteiger charge is -2.39. The molecule has 1 aliphatic carbocycles. The van der Waals surface area contributed by atoms with Crippen LogP contribution in [0.2, 0.25) is 0 Å². The molecule has 18 heavy (non-hydrogen) atoms. The number of aromatic nitrogens is 1. The zero-order valence-electron chi connectivity index (χ0n) is 10.9. The molecule has 2 aliphatic rings. The Morgan fingerprint density at radius 3 is 2.44 bits per heavy atom. The van der Waals surface area contributed by atoms with Gasteiger partial charge >= 0.3 is 0 Å². The predicted octanol–water partition coefficient (Wildman–Crippen LogP) is 3.42. The van der Waals surface area contributed by atoms with Crippen LogP contribution in [0, 0.1) is 12.3 Å². The molecule has 3 nitrogen and oxygen atoms in total. The summed E-state index contributed by atoms with van der Waals surface area (Å²) in [4.78, 5) is 18.6. The lowest BCUT2D eigenvalue weighted by molar-refractivity contribution is 0.112. The molecule has 0 amide bonds. The summed E-state index contributed by atoms with van der Waals surface area (Å²) in [5, 5.41) is 1.04. The normalized spacial score (nSPS) is 22.6. The van der Waals surface area contributed by atoms with E-state index in [1.807, 2.05) is 6.92 Å². The van der Waals surface area contributed by atoms with E-state index in [1.165, 1.54) is 38.5 Å². The van der Waals surface area contributed by atoms with Gasteiger partial charge in [0.15, 0.2) is 11.4 Å². The molecule has 0 N–H and O–H groups in total. The molecule has 1 spiro atoms. The molecule has 0 aromatic carbocycles. The lowest BCUT2D eigenvalue weighted by Crippen LogP contribution is -2.38. The van der Waals surface area contributed by atoms with Crippen LogP contribution < -0.4 is 4.90 Å². The predicted molar refractivity (Wildman–Crippen MR) is 74.6 cm³/mol. The first-order chi connectivity index (χ1) is 8.72. The van der Waals surface area contributed by atoms with Crippen LogP contribution in [0.15, 0.2) is 0 Å². The van der Waals surface area contributed by atoms with Gasteiger partial charge in [0.05, 0.1) is 10.6 Å². The summed E-state index contributed by atoms with van der Waals surface area (Å²) < 4.78 is 0. The molecule has 98 valence electrons. The number of anilines is 1. The van der Waals surface area contributed by atoms with E-state index in [4.69, 9.17) is 0 Å². The molecule has 2 heterocycles. The van der Waals surface area contributed by atoms with Gasteiger partial charge in [0.25, 0.3) is 0 Å². The summed E-state index contributed by atoms with van der Waals surface area (Å²) in [7, 11) is 0. The fraction of sp³-hybridized carbons (Fsp3) is 0.714. The van der Waals surface area contributed by atoms with Crippen molar-refractivity contribution >= 4 is 22.8 Å². The molecule has 0 radical (unpaired) electrons. The standard InChI is InChI=1S/C14H20N2OS/c1-11-12(10-17)18-13(15-11)16-8-6-14(7-9-16)4-2-3-5-14/h10H,2-9H2,1H3. The highest BCUT2D eigenvalue weighted by atomic mass is 32.1. The van der Waals surface area contributed by atoms with Crippen LogP contribution in [0.4, 0.5) is 5.13 Å². The minimum absolute atomic E-state index is 0.649. The van der Waals surface area contributed by atoms with Crippen molar-refractivity contribution in [2.24, 2.45) is 5.41 Å². The quantitative estimate of drug-likeness (QED) is 0.767. The van der Waals surface area contributed by atoms with Gasteiger partial charge in [-0.05, 0) is 38.0 Å². The van der Waals surface area contributed by atoms with E-state index in [0.717, 1.165) is 35.1 Å². The summed E-state index contributed by atoms with van der Waals surface area (Å²) in [5.74, 6) is 0. The van der Waals surface area contributed by atoms with Gasteiger partial charge in [0.1, 0.15) is 0 Å². The van der Waals surface area contributed by atoms with Crippen LogP contribution >= 0.6 is 11.3 Å². The number of hydrogen-bond acceptors (Lipinski definition) is 4. The molecule has 0 bridgehead atoms. The molecule has 0 atom stereocenters. The van der Waals surface area contributed by atoms with Crippen molar-refractivity contribution in [3.8, 4) is 0 Å². The zero-order valence-corrected chi connectivity index (χ0v) is 11.8. The molecule has 1 aromatic rings. The highest BCUT2D eigenvalue weighted by molar-refractivity contribution is 7.17. The second kappa shape index (κ2) is 4.65. The smallest absolute Gasteiger partial charge is 0.186 e. The van der Waals surface area contributed by atoms with Gasteiger partial charge in [-0.15, -0.1) is 0 Å². The van der Waals surface area contributed by atoms with E-state index in [0.29, 0.717) is 5.41 Å². The Morgan fingerprint density at radius 1 is 1.22 bits per heavy atom. The second-order valence-corrected chi connectivity index (χ2v) is 6.77. The van der Waals surface area contributed by atoms with Crippen molar-refractivity contribution in [3.63, 3.8) is 0 Å². The fourth-order valence-corrected chi connectivity index (χ4v) is 4.37. The van der Waals surface area contributed by atoms with Crippen LogP contribution in [0.5, 0.6) is 0 Å². The molecule has 4 heteroatoms. The van der Waals surface area contributed by atoms with Crippen molar-refractivity contribution < 1.29 is 4.79 Å². The van der Waals surface area contributed by atoms with Crippen molar-refractivity contribution in [1.82, 2.24) is 4.98 Å². The minimum Gasteiger partial charge on any atom is -0.348 e. The minimum atomic E-state index is 0.649. The summed E-state index contributed by atoms with van der Waals surface area (Å²) in [6, 6.07) is 0. The maximum Gasteiger partial charge on any atom is 0.186 e. The van der Waals surface area contributed by atoms with Crippen LogP contribution in [-0.4, -0.2) is 24.4 Å². The van der Waals surface area contributed by atoms with E-state index in [2.05, 4.69) is 9.88 Å². The monoisotopic (exact) mass is 264 g/mol. The summed E-state index contributed by atoms with van der Waals surface area (Å²) in [6.07, 6.45) is 9.24. The Balaban J connectivity index is 1.70. The van der Waals surface area contributed by atoms with Gasteiger partial charge in [0.2, 0.25) is 0 Å². The Morgan fingerprint density at radius 2 is 1.89 bits per heavy atom. The van der Waals surface area contributed by atoms with Crippen molar-refractivity contribution in [1.29, 1.82) is 0 Å². The van der Waals surface area contributed by atoms with Gasteiger partial charge in [-0.2, -0.15) is 0 Å². The zero-order chi connectivity index (χ0) is 12.6. The average Bonchev–Trinajstić information content (AvgIpc) is 2.98. The first kappa shape index (κ1) is 12.2. The number of carbonyl (C=O) groups is 1. The lowest BCUT2D eigenvalue weighted by atomic mass is 9.77. The van der Waals surface area contributed by atoms with Gasteiger partial charge in [-0.25, -0.2) is 4.98 Å². The van der Waals surface area contributed by atoms with Crippen LogP contribution in [0.3, 0.4) is 0 Å². The molecular weight excluding hydrogens is 244 g/mol. The number of aryl methyl sites for hydroxylation is 1. The number of aldehydes is 1. The first-order valence-electron chi connectivity index (χ1n) is 6.90. The SMILES string of the molecule is Cc1nc(N2CCC3(CCCC3)CC2)sc1C=O. The number of hydrogen-bond donors (Lipinski definition) is 0. The van der Waals surface area contributed by atoms with Gasteiger partial charge < -0.3 is 4.90 Å². The third kappa shape index (κ3) is 2.07. The highest BCUT2D eigenvalue weighted by Crippen LogP contribution is 2.46. The Labute approximate surface area is 112 Å². The molecule has 0 unspecified atom stereocenters.